The lowest BCUT2D eigenvalue weighted by atomic mass is 9.99. The zero-order valence-corrected chi connectivity index (χ0v) is 28.8. The second-order valence-electron chi connectivity index (χ2n) is 9.65. The van der Waals surface area contributed by atoms with Crippen LogP contribution in [0.4, 0.5) is 5.69 Å². The van der Waals surface area contributed by atoms with Gasteiger partial charge in [-0.15, -0.1) is 0 Å². The molecule has 0 saturated carbocycles. The zero-order valence-electron chi connectivity index (χ0n) is 28.8. The largest absolute Gasteiger partial charge is 0.493 e. The molecule has 9 nitrogen and oxygen atoms in total. The second kappa shape index (κ2) is 24.7. The first-order valence-corrected chi connectivity index (χ1v) is 15.3. The monoisotopic (exact) mass is 621 g/mol. The highest BCUT2D eigenvalue weighted by Crippen LogP contribution is 2.25. The minimum atomic E-state index is -1.26. The molecule has 45 heavy (non-hydrogen) atoms. The van der Waals surface area contributed by atoms with Gasteiger partial charge in [0, 0.05) is 43.7 Å². The highest BCUT2D eigenvalue weighted by Gasteiger charge is 2.38. The molecule has 0 spiro atoms. The van der Waals surface area contributed by atoms with Gasteiger partial charge in [0.1, 0.15) is 5.54 Å². The maximum absolute atomic E-state index is 13.1. The van der Waals surface area contributed by atoms with Crippen LogP contribution >= 0.6 is 0 Å². The van der Waals surface area contributed by atoms with Crippen molar-refractivity contribution in [1.29, 1.82) is 0 Å². The number of benzene rings is 1. The van der Waals surface area contributed by atoms with Crippen molar-refractivity contribution in [3.05, 3.63) is 103 Å². The van der Waals surface area contributed by atoms with Crippen molar-refractivity contribution >= 4 is 29.6 Å². The number of para-hydroxylation sites is 1. The predicted molar refractivity (Wildman–Crippen MR) is 190 cm³/mol. The zero-order chi connectivity index (χ0) is 34.8. The Morgan fingerprint density at radius 2 is 1.76 bits per heavy atom. The Hall–Kier alpha value is -4.66. The number of aliphatic hydroxyl groups is 1. The number of nitrogens with zero attached hydrogens (tertiary/aromatic N) is 2. The maximum atomic E-state index is 13.1. The number of carbonyl (C=O) groups is 3. The van der Waals surface area contributed by atoms with Gasteiger partial charge in [-0.05, 0) is 57.6 Å². The average Bonchev–Trinajstić information content (AvgIpc) is 3.11. The van der Waals surface area contributed by atoms with E-state index in [0.717, 1.165) is 5.57 Å². The van der Waals surface area contributed by atoms with E-state index >= 15 is 0 Å². The van der Waals surface area contributed by atoms with Crippen molar-refractivity contribution in [3.8, 4) is 0 Å². The third-order valence-electron chi connectivity index (χ3n) is 5.93. The summed E-state index contributed by atoms with van der Waals surface area (Å²) in [6.07, 6.45) is 15.9. The number of carbonyl (C=O) groups excluding carboxylic acids is 3. The maximum Gasteiger partial charge on any atom is 0.249 e. The number of nitrogens with one attached hydrogen (secondary N) is 3. The van der Waals surface area contributed by atoms with Gasteiger partial charge in [-0.25, -0.2) is 4.99 Å². The van der Waals surface area contributed by atoms with Gasteiger partial charge < -0.3 is 21.1 Å². The average molecular weight is 622 g/mol. The number of allylic oxidation sites excluding steroid dienone is 8. The fraction of sp³-hybridized carbons (Fsp3) is 0.389. The molecule has 248 valence electrons. The van der Waals surface area contributed by atoms with E-state index in [0.29, 0.717) is 12.2 Å². The molecule has 1 unspecified atom stereocenters. The van der Waals surface area contributed by atoms with Crippen molar-refractivity contribution in [2.24, 2.45) is 10.9 Å². The van der Waals surface area contributed by atoms with E-state index in [1.54, 1.807) is 68.8 Å². The van der Waals surface area contributed by atoms with E-state index in [4.69, 9.17) is 0 Å². The molecular weight excluding hydrogens is 566 g/mol. The minimum absolute atomic E-state index is 0.0770. The highest BCUT2D eigenvalue weighted by molar-refractivity contribution is 6.04. The van der Waals surface area contributed by atoms with Crippen LogP contribution in [-0.2, 0) is 14.4 Å². The van der Waals surface area contributed by atoms with Crippen LogP contribution in [0.3, 0.4) is 0 Å². The summed E-state index contributed by atoms with van der Waals surface area (Å²) < 4.78 is 0. The van der Waals surface area contributed by atoms with Gasteiger partial charge in [0.15, 0.2) is 0 Å². The van der Waals surface area contributed by atoms with Gasteiger partial charge in [0.2, 0.25) is 23.6 Å². The van der Waals surface area contributed by atoms with Crippen LogP contribution in [0.2, 0.25) is 0 Å². The first-order valence-electron chi connectivity index (χ1n) is 15.3. The van der Waals surface area contributed by atoms with Gasteiger partial charge >= 0.3 is 0 Å². The molecule has 1 aliphatic rings. The Bertz CT molecular complexity index is 1230. The van der Waals surface area contributed by atoms with E-state index in [2.05, 4.69) is 40.5 Å². The van der Waals surface area contributed by atoms with Crippen LogP contribution in [0.1, 0.15) is 69.2 Å². The topological polar surface area (TPSA) is 123 Å². The Morgan fingerprint density at radius 1 is 1.13 bits per heavy atom. The second-order valence-corrected chi connectivity index (χ2v) is 9.65. The number of rotatable bonds is 9. The molecule has 9 heteroatoms. The lowest BCUT2D eigenvalue weighted by Gasteiger charge is -2.37. The fourth-order valence-corrected chi connectivity index (χ4v) is 3.51. The molecule has 0 bridgehead atoms. The Kier molecular flexibility index (Phi) is 23.4. The number of hydrogen-bond acceptors (Lipinski definition) is 6. The fourth-order valence-electron chi connectivity index (χ4n) is 3.51. The van der Waals surface area contributed by atoms with Crippen molar-refractivity contribution in [2.45, 2.75) is 74.8 Å². The quantitative estimate of drug-likeness (QED) is 0.223. The summed E-state index contributed by atoms with van der Waals surface area (Å²) in [6, 6.07) is 8.81. The molecule has 1 aromatic carbocycles. The van der Waals surface area contributed by atoms with Crippen molar-refractivity contribution in [3.63, 3.8) is 0 Å². The lowest BCUT2D eigenvalue weighted by molar-refractivity contribution is -0.129. The number of hydrogen-bond donors (Lipinski definition) is 4. The predicted octanol–water partition coefficient (Wildman–Crippen LogP) is 6.90. The standard InChI is InChI=1S/C24H31N5O4.C8H12.2C2H6/c1-17-14-21(31)26-13-12-25-15-19(17)10-11-27-23(33)24(3,4)29(20-8-6-5-7-9-20)22(32)16-28-18(2)30;1-4-6-7-8(3)5-2;2*1-2/h5-11,13-15,17,25,31H,12,16H2,1-4H3,(H,27,33)(H,28,30);4-7H,1H2,2-3H3;2*1-2H3/b11-10-,19-15-,21-14+,26-13-;7-6-,8-5-;;. The van der Waals surface area contributed by atoms with Crippen LogP contribution in [0, 0.1) is 5.92 Å². The van der Waals surface area contributed by atoms with E-state index < -0.39 is 17.4 Å². The molecule has 1 atom stereocenters. The molecule has 0 aromatic heterocycles. The third kappa shape index (κ3) is 17.3. The summed E-state index contributed by atoms with van der Waals surface area (Å²) in [7, 11) is 0. The van der Waals surface area contributed by atoms with E-state index in [-0.39, 0.29) is 24.3 Å². The Labute approximate surface area is 271 Å². The molecule has 0 radical (unpaired) electrons. The van der Waals surface area contributed by atoms with E-state index in [1.807, 2.05) is 59.8 Å². The smallest absolute Gasteiger partial charge is 0.249 e. The molecule has 2 rings (SSSR count). The lowest BCUT2D eigenvalue weighted by Crippen LogP contribution is -2.58. The first-order chi connectivity index (χ1) is 21.4. The van der Waals surface area contributed by atoms with Crippen molar-refractivity contribution in [2.75, 3.05) is 18.0 Å². The van der Waals surface area contributed by atoms with Crippen LogP contribution in [-0.4, -0.2) is 47.7 Å². The number of aliphatic imine (C=N–C) groups is 1. The molecular formula is C36H55N5O4. The molecule has 0 fully saturated rings. The molecule has 4 N–H and O–H groups in total. The normalized spacial score (nSPS) is 17.6. The van der Waals surface area contributed by atoms with Gasteiger partial charge in [0.25, 0.3) is 0 Å². The highest BCUT2D eigenvalue weighted by atomic mass is 16.3. The van der Waals surface area contributed by atoms with Gasteiger partial charge in [-0.2, -0.15) is 0 Å². The number of aliphatic hydroxyl groups excluding tert-OH is 1. The van der Waals surface area contributed by atoms with Gasteiger partial charge in [-0.1, -0.05) is 89.3 Å². The minimum Gasteiger partial charge on any atom is -0.493 e. The first kappa shape index (κ1) is 42.5. The summed E-state index contributed by atoms with van der Waals surface area (Å²) in [6.45, 7) is 22.3. The SMILES string of the molecule is C=C/C=C\C(C)=C/C.CC.CC.CC(=O)NCC(=O)N(c1ccccc1)C(C)(C)C(=O)N/C=C\C1=C\NC/C=N\C(O)=C/C1C. The molecule has 3 amide bonds. The summed E-state index contributed by atoms with van der Waals surface area (Å²) in [5, 5.41) is 18.1. The third-order valence-corrected chi connectivity index (χ3v) is 5.93. The molecule has 1 aromatic rings. The van der Waals surface area contributed by atoms with Crippen LogP contribution in [0.5, 0.6) is 0 Å². The van der Waals surface area contributed by atoms with Gasteiger partial charge in [0.05, 0.1) is 6.54 Å². The van der Waals surface area contributed by atoms with Gasteiger partial charge in [-0.3, -0.25) is 19.3 Å². The molecule has 0 saturated heterocycles. The Balaban J connectivity index is 0. The number of amides is 3. The van der Waals surface area contributed by atoms with E-state index in [1.165, 1.54) is 23.6 Å². The van der Waals surface area contributed by atoms with Crippen molar-refractivity contribution < 1.29 is 19.5 Å². The van der Waals surface area contributed by atoms with Crippen molar-refractivity contribution in [1.82, 2.24) is 16.0 Å². The summed E-state index contributed by atoms with van der Waals surface area (Å²) >= 11 is 0. The van der Waals surface area contributed by atoms with E-state index in [9.17, 15) is 19.5 Å². The van der Waals surface area contributed by atoms with Crippen LogP contribution in [0.25, 0.3) is 0 Å². The summed E-state index contributed by atoms with van der Waals surface area (Å²) in [4.78, 5) is 42.6. The molecule has 1 heterocycles. The van der Waals surface area contributed by atoms with Crippen LogP contribution in [0.15, 0.2) is 108 Å². The molecule has 1 aliphatic heterocycles. The summed E-state index contributed by atoms with van der Waals surface area (Å²) in [5.74, 6) is -1.40. The molecule has 0 aliphatic carbocycles. The number of anilines is 1. The summed E-state index contributed by atoms with van der Waals surface area (Å²) in [5.41, 5.74) is 1.36. The Morgan fingerprint density at radius 3 is 2.31 bits per heavy atom. The van der Waals surface area contributed by atoms with Crippen LogP contribution < -0.4 is 20.9 Å².